The zero-order valence-corrected chi connectivity index (χ0v) is 22.9. The molecule has 0 aliphatic heterocycles. The van der Waals surface area contributed by atoms with Crippen LogP contribution in [0.25, 0.3) is 22.3 Å². The maximum absolute atomic E-state index is 10.9. The predicted molar refractivity (Wildman–Crippen MR) is 107 cm³/mol. The Morgan fingerprint density at radius 3 is 1.14 bits per heavy atom. The summed E-state index contributed by atoms with van der Waals surface area (Å²) in [5, 5.41) is 20.0. The Labute approximate surface area is 257 Å². The van der Waals surface area contributed by atoms with Gasteiger partial charge in [0.2, 0.25) is 0 Å². The molecule has 0 saturated carbocycles. The van der Waals surface area contributed by atoms with Crippen molar-refractivity contribution < 1.29 is 118 Å². The van der Waals surface area contributed by atoms with Crippen LogP contribution in [0.15, 0.2) is 109 Å². The number of phenolic OH excluding ortho intramolecular Hbond substituents is 1. The summed E-state index contributed by atoms with van der Waals surface area (Å²) in [4.78, 5) is 0. The molecule has 0 saturated heterocycles. The van der Waals surface area contributed by atoms with Gasteiger partial charge in [0.25, 0.3) is 0 Å². The maximum atomic E-state index is 10.9. The Bertz CT molecular complexity index is 846. The van der Waals surface area contributed by atoms with E-state index >= 15 is 0 Å². The second-order valence-corrected chi connectivity index (χ2v) is 5.80. The zero-order chi connectivity index (χ0) is 18.2. The van der Waals surface area contributed by atoms with Gasteiger partial charge in [0.15, 0.2) is 0 Å². The zero-order valence-electron chi connectivity index (χ0n) is 16.7. The second kappa shape index (κ2) is 15.5. The molecular formula is C24H20K2O3. The minimum Gasteiger partial charge on any atom is -0.872 e. The monoisotopic (exact) mass is 434 g/mol. The molecular weight excluding hydrogens is 414 g/mol. The molecule has 0 radical (unpaired) electrons. The Balaban J connectivity index is 0.000000490. The average Bonchev–Trinajstić information content (AvgIpc) is 2.71. The van der Waals surface area contributed by atoms with Gasteiger partial charge in [-0.15, -0.1) is 5.75 Å². The summed E-state index contributed by atoms with van der Waals surface area (Å²) in [6.45, 7) is 0. The van der Waals surface area contributed by atoms with E-state index < -0.39 is 0 Å². The van der Waals surface area contributed by atoms with Crippen LogP contribution in [-0.2, 0) is 0 Å². The molecule has 2 N–H and O–H groups in total. The molecule has 0 fully saturated rings. The molecule has 5 heteroatoms. The van der Waals surface area contributed by atoms with Crippen LogP contribution in [-0.4, -0.2) is 10.6 Å². The summed E-state index contributed by atoms with van der Waals surface area (Å²) in [7, 11) is 0. The summed E-state index contributed by atoms with van der Waals surface area (Å²) in [6, 6.07) is 34.2. The van der Waals surface area contributed by atoms with Crippen LogP contribution < -0.4 is 108 Å². The number of hydrogen-bond donors (Lipinski definition) is 1. The molecule has 0 aliphatic rings. The molecule has 0 unspecified atom stereocenters. The van der Waals surface area contributed by atoms with Gasteiger partial charge in [0.05, 0.1) is 0 Å². The fourth-order valence-electron chi connectivity index (χ4n) is 2.56. The van der Waals surface area contributed by atoms with E-state index in [1.54, 1.807) is 24.3 Å². The van der Waals surface area contributed by atoms with Crippen molar-refractivity contribution >= 4 is 0 Å². The quantitative estimate of drug-likeness (QED) is 0.425. The van der Waals surface area contributed by atoms with Crippen LogP contribution in [0.3, 0.4) is 0 Å². The van der Waals surface area contributed by atoms with Crippen LogP contribution in [0.4, 0.5) is 0 Å². The normalized spacial score (nSPS) is 8.83. The van der Waals surface area contributed by atoms with Gasteiger partial charge >= 0.3 is 103 Å². The molecule has 0 aromatic heterocycles. The first-order valence-electron chi connectivity index (χ1n) is 8.39. The van der Waals surface area contributed by atoms with Crippen molar-refractivity contribution in [2.24, 2.45) is 0 Å². The van der Waals surface area contributed by atoms with Crippen molar-refractivity contribution in [2.45, 2.75) is 0 Å². The molecule has 0 amide bonds. The van der Waals surface area contributed by atoms with E-state index in [0.29, 0.717) is 5.75 Å². The van der Waals surface area contributed by atoms with Crippen LogP contribution in [0, 0.1) is 0 Å². The number of hydrogen-bond acceptors (Lipinski definition) is 3. The van der Waals surface area contributed by atoms with Crippen molar-refractivity contribution in [1.82, 2.24) is 0 Å². The Kier molecular flexibility index (Phi) is 15.4. The molecule has 4 aromatic carbocycles. The second-order valence-electron chi connectivity index (χ2n) is 5.80. The molecule has 29 heavy (non-hydrogen) atoms. The summed E-state index contributed by atoms with van der Waals surface area (Å²) in [6.07, 6.45) is 0. The van der Waals surface area contributed by atoms with Gasteiger partial charge in [0.1, 0.15) is 5.75 Å². The summed E-state index contributed by atoms with van der Waals surface area (Å²) >= 11 is 0. The third kappa shape index (κ3) is 9.59. The van der Waals surface area contributed by atoms with Crippen molar-refractivity contribution in [2.75, 3.05) is 0 Å². The first-order valence-corrected chi connectivity index (χ1v) is 8.39. The van der Waals surface area contributed by atoms with Gasteiger partial charge in [-0.2, -0.15) is 0 Å². The Morgan fingerprint density at radius 2 is 0.759 bits per heavy atom. The van der Waals surface area contributed by atoms with Crippen molar-refractivity contribution in [1.29, 1.82) is 0 Å². The van der Waals surface area contributed by atoms with Gasteiger partial charge in [-0.05, 0) is 34.4 Å². The van der Waals surface area contributed by atoms with Crippen LogP contribution >= 0.6 is 0 Å². The first kappa shape index (κ1) is 28.7. The van der Waals surface area contributed by atoms with Crippen LogP contribution in [0.5, 0.6) is 11.5 Å². The van der Waals surface area contributed by atoms with Gasteiger partial charge < -0.3 is 15.7 Å². The maximum Gasteiger partial charge on any atom is 1.00 e. The smallest absolute Gasteiger partial charge is 0.872 e. The SMILES string of the molecule is Oc1ccc(-c2ccccc2)cc1.[K+].[K+].[O-]c1ccc(-c2ccccc2)cc1.[OH-]. The van der Waals surface area contributed by atoms with E-state index in [0.717, 1.165) is 16.7 Å². The molecule has 0 spiro atoms. The minimum absolute atomic E-state index is 0. The van der Waals surface area contributed by atoms with Crippen LogP contribution in [0.2, 0.25) is 0 Å². The van der Waals surface area contributed by atoms with Gasteiger partial charge in [-0.3, -0.25) is 0 Å². The molecule has 3 nitrogen and oxygen atoms in total. The molecule has 0 bridgehead atoms. The third-order valence-electron chi connectivity index (χ3n) is 3.94. The van der Waals surface area contributed by atoms with Crippen molar-refractivity contribution in [3.8, 4) is 33.8 Å². The largest absolute Gasteiger partial charge is 1.00 e. The number of benzene rings is 4. The van der Waals surface area contributed by atoms with Crippen molar-refractivity contribution in [3.05, 3.63) is 109 Å². The third-order valence-corrected chi connectivity index (χ3v) is 3.94. The first-order chi connectivity index (χ1) is 12.7. The molecule has 4 rings (SSSR count). The van der Waals surface area contributed by atoms with E-state index in [9.17, 15) is 5.11 Å². The summed E-state index contributed by atoms with van der Waals surface area (Å²) in [5.74, 6) is 0.361. The Hall–Kier alpha value is -0.287. The average molecular weight is 435 g/mol. The minimum atomic E-state index is 0. The molecule has 0 aliphatic carbocycles. The summed E-state index contributed by atoms with van der Waals surface area (Å²) < 4.78 is 0. The molecule has 136 valence electrons. The standard InChI is InChI=1S/2C12H10O.2K.H2O/c2*13-12-8-6-11(7-9-12)10-4-2-1-3-5-10;;;/h2*1-9,13H;;;1H2/q;;2*+1;/p-2. The number of aromatic hydroxyl groups is 1. The van der Waals surface area contributed by atoms with Gasteiger partial charge in [0, 0.05) is 0 Å². The van der Waals surface area contributed by atoms with Crippen molar-refractivity contribution in [3.63, 3.8) is 0 Å². The van der Waals surface area contributed by atoms with E-state index in [1.807, 2.05) is 84.9 Å². The predicted octanol–water partition coefficient (Wildman–Crippen LogP) is -0.682. The summed E-state index contributed by atoms with van der Waals surface area (Å²) in [5.41, 5.74) is 4.52. The van der Waals surface area contributed by atoms with E-state index in [1.165, 1.54) is 5.56 Å². The van der Waals surface area contributed by atoms with E-state index in [4.69, 9.17) is 5.11 Å². The number of phenols is 1. The van der Waals surface area contributed by atoms with Gasteiger partial charge in [-0.1, -0.05) is 97.1 Å². The van der Waals surface area contributed by atoms with E-state index in [-0.39, 0.29) is 114 Å². The molecule has 0 atom stereocenters. The van der Waals surface area contributed by atoms with E-state index in [2.05, 4.69) is 0 Å². The van der Waals surface area contributed by atoms with Gasteiger partial charge in [-0.25, -0.2) is 0 Å². The molecule has 0 heterocycles. The Morgan fingerprint density at radius 1 is 0.448 bits per heavy atom. The fourth-order valence-corrected chi connectivity index (χ4v) is 2.56. The fraction of sp³-hybridized carbons (Fsp3) is 0. The molecule has 4 aromatic rings. The topological polar surface area (TPSA) is 73.3 Å². The number of rotatable bonds is 2. The van der Waals surface area contributed by atoms with Crippen LogP contribution in [0.1, 0.15) is 0 Å².